The second kappa shape index (κ2) is 8.53. The van der Waals surface area contributed by atoms with Crippen molar-refractivity contribution in [2.75, 3.05) is 12.8 Å². The highest BCUT2D eigenvalue weighted by atomic mass is 32.2. The number of piperidine rings is 1. The van der Waals surface area contributed by atoms with Gasteiger partial charge in [-0.3, -0.25) is 4.79 Å². The average Bonchev–Trinajstić information content (AvgIpc) is 3.56. The molecule has 3 heterocycles. The molecule has 2 atom stereocenters. The first-order valence-corrected chi connectivity index (χ1v) is 13.4. The molecule has 1 unspecified atom stereocenters. The molecular weight excluding hydrogens is 438 g/mol. The Morgan fingerprint density at radius 1 is 1.09 bits per heavy atom. The Morgan fingerprint density at radius 3 is 2.55 bits per heavy atom. The summed E-state index contributed by atoms with van der Waals surface area (Å²) in [6.07, 6.45) is 6.09. The van der Waals surface area contributed by atoms with E-state index in [-0.39, 0.29) is 11.9 Å². The number of hydrogen-bond acceptors (Lipinski definition) is 5. The lowest BCUT2D eigenvalue weighted by Crippen LogP contribution is -2.46. The Kier molecular flexibility index (Phi) is 5.70. The number of nitrogens with zero attached hydrogens (tertiary/aromatic N) is 4. The number of carbonyl (C=O) groups excluding carboxylic acids is 1. The number of carbonyl (C=O) groups is 1. The van der Waals surface area contributed by atoms with E-state index >= 15 is 0 Å². The first kappa shape index (κ1) is 22.0. The highest BCUT2D eigenvalue weighted by molar-refractivity contribution is 7.88. The molecule has 1 aliphatic carbocycles. The Morgan fingerprint density at radius 2 is 1.85 bits per heavy atom. The molecular formula is C24H29N5O3S. The maximum atomic E-state index is 13.7. The molecule has 9 heteroatoms. The zero-order valence-electron chi connectivity index (χ0n) is 18.9. The zero-order chi connectivity index (χ0) is 23.2. The fraction of sp³-hybridized carbons (Fsp3) is 0.458. The van der Waals surface area contributed by atoms with Crippen LogP contribution in [-0.4, -0.2) is 46.6 Å². The van der Waals surface area contributed by atoms with Crippen molar-refractivity contribution in [1.29, 1.82) is 0 Å². The number of nitrogens with one attached hydrogen (secondary N) is 1. The van der Waals surface area contributed by atoms with E-state index in [4.69, 9.17) is 10.1 Å². The average molecular weight is 468 g/mol. The summed E-state index contributed by atoms with van der Waals surface area (Å²) in [5.74, 6) is 0.297. The lowest BCUT2D eigenvalue weighted by atomic mass is 9.97. The van der Waals surface area contributed by atoms with Crippen LogP contribution in [0.1, 0.15) is 72.8 Å². The second-order valence-corrected chi connectivity index (χ2v) is 11.0. The molecule has 0 spiro atoms. The number of hydrogen-bond donors (Lipinski definition) is 1. The first-order valence-electron chi connectivity index (χ1n) is 11.5. The van der Waals surface area contributed by atoms with Crippen molar-refractivity contribution in [2.24, 2.45) is 0 Å². The number of aryl methyl sites for hydroxylation is 1. The van der Waals surface area contributed by atoms with E-state index in [0.717, 1.165) is 48.2 Å². The van der Waals surface area contributed by atoms with Crippen LogP contribution in [0.25, 0.3) is 5.65 Å². The number of aromatic nitrogens is 3. The zero-order valence-corrected chi connectivity index (χ0v) is 19.8. The highest BCUT2D eigenvalue weighted by Crippen LogP contribution is 2.40. The number of fused-ring (bicyclic) bond motifs is 1. The Labute approximate surface area is 194 Å². The van der Waals surface area contributed by atoms with Crippen molar-refractivity contribution in [2.45, 2.75) is 57.0 Å². The first-order chi connectivity index (χ1) is 15.8. The van der Waals surface area contributed by atoms with Crippen LogP contribution in [0.15, 0.2) is 42.5 Å². The summed E-state index contributed by atoms with van der Waals surface area (Å²) >= 11 is 0. The fourth-order valence-corrected chi connectivity index (χ4v) is 5.37. The van der Waals surface area contributed by atoms with Crippen LogP contribution in [0, 0.1) is 6.92 Å². The molecule has 3 aromatic rings. The van der Waals surface area contributed by atoms with E-state index in [2.05, 4.69) is 10.8 Å². The smallest absolute Gasteiger partial charge is 0.245 e. The molecule has 1 saturated heterocycles. The van der Waals surface area contributed by atoms with Gasteiger partial charge in [-0.2, -0.15) is 9.82 Å². The highest BCUT2D eigenvalue weighted by Gasteiger charge is 2.36. The summed E-state index contributed by atoms with van der Waals surface area (Å²) in [5.41, 5.74) is 4.38. The molecule has 2 aromatic heterocycles. The number of sulfonamides is 1. The van der Waals surface area contributed by atoms with Gasteiger partial charge in [-0.25, -0.2) is 17.9 Å². The predicted molar refractivity (Wildman–Crippen MR) is 125 cm³/mol. The molecule has 2 fully saturated rings. The van der Waals surface area contributed by atoms with E-state index < -0.39 is 16.1 Å². The summed E-state index contributed by atoms with van der Waals surface area (Å²) in [6, 6.07) is 11.9. The van der Waals surface area contributed by atoms with Gasteiger partial charge >= 0.3 is 0 Å². The van der Waals surface area contributed by atoms with Crippen LogP contribution >= 0.6 is 0 Å². The van der Waals surface area contributed by atoms with E-state index in [0.29, 0.717) is 18.0 Å². The lowest BCUT2D eigenvalue weighted by molar-refractivity contribution is -0.137. The SMILES string of the molecule is Cc1cc(C2CC2)nc2cc([C@@H]3CCCCN3C(=O)C(NS(C)(=O)=O)c3ccccc3)nn12. The third kappa shape index (κ3) is 4.65. The van der Waals surface area contributed by atoms with Gasteiger partial charge in [0, 0.05) is 29.9 Å². The monoisotopic (exact) mass is 467 g/mol. The maximum Gasteiger partial charge on any atom is 0.245 e. The topological polar surface area (TPSA) is 96.7 Å². The Bertz CT molecular complexity index is 1280. The van der Waals surface area contributed by atoms with E-state index in [1.807, 2.05) is 23.6 Å². The van der Waals surface area contributed by atoms with Crippen molar-refractivity contribution in [1.82, 2.24) is 24.2 Å². The molecule has 0 bridgehead atoms. The lowest BCUT2D eigenvalue weighted by Gasteiger charge is -2.37. The number of likely N-dealkylation sites (tertiary alicyclic amines) is 1. The van der Waals surface area contributed by atoms with Gasteiger partial charge in [0.25, 0.3) is 0 Å². The number of benzene rings is 1. The number of rotatable bonds is 6. The molecule has 1 aromatic carbocycles. The molecule has 1 N–H and O–H groups in total. The molecule has 174 valence electrons. The summed E-state index contributed by atoms with van der Waals surface area (Å²) in [5, 5.41) is 4.82. The van der Waals surface area contributed by atoms with Crippen molar-refractivity contribution < 1.29 is 13.2 Å². The van der Waals surface area contributed by atoms with Crippen LogP contribution in [0.2, 0.25) is 0 Å². The largest absolute Gasteiger partial charge is 0.332 e. The van der Waals surface area contributed by atoms with Gasteiger partial charge in [0.15, 0.2) is 5.65 Å². The van der Waals surface area contributed by atoms with Gasteiger partial charge in [0.1, 0.15) is 6.04 Å². The third-order valence-electron chi connectivity index (χ3n) is 6.48. The van der Waals surface area contributed by atoms with E-state index in [1.54, 1.807) is 29.2 Å². The van der Waals surface area contributed by atoms with Crippen molar-refractivity contribution in [3.05, 3.63) is 65.1 Å². The Balaban J connectivity index is 1.50. The van der Waals surface area contributed by atoms with Gasteiger partial charge in [-0.05, 0) is 50.7 Å². The molecule has 1 saturated carbocycles. The van der Waals surface area contributed by atoms with Crippen molar-refractivity contribution in [3.63, 3.8) is 0 Å². The second-order valence-electron chi connectivity index (χ2n) is 9.21. The maximum absolute atomic E-state index is 13.7. The van der Waals surface area contributed by atoms with Crippen LogP contribution in [0.3, 0.4) is 0 Å². The predicted octanol–water partition coefficient (Wildman–Crippen LogP) is 3.26. The molecule has 1 amide bonds. The molecule has 5 rings (SSSR count). The van der Waals surface area contributed by atoms with Gasteiger partial charge < -0.3 is 4.90 Å². The van der Waals surface area contributed by atoms with Crippen LogP contribution in [0.4, 0.5) is 0 Å². The third-order valence-corrected chi connectivity index (χ3v) is 7.14. The quantitative estimate of drug-likeness (QED) is 0.600. The minimum atomic E-state index is -3.60. The fourth-order valence-electron chi connectivity index (χ4n) is 4.71. The summed E-state index contributed by atoms with van der Waals surface area (Å²) < 4.78 is 28.6. The Hall–Kier alpha value is -2.78. The van der Waals surface area contributed by atoms with Gasteiger partial charge in [0.2, 0.25) is 15.9 Å². The molecule has 2 aliphatic rings. The molecule has 33 heavy (non-hydrogen) atoms. The molecule has 8 nitrogen and oxygen atoms in total. The summed E-state index contributed by atoms with van der Waals surface area (Å²) in [6.45, 7) is 2.59. The van der Waals surface area contributed by atoms with Gasteiger partial charge in [-0.1, -0.05) is 30.3 Å². The number of amides is 1. The van der Waals surface area contributed by atoms with Gasteiger partial charge in [-0.15, -0.1) is 0 Å². The minimum Gasteiger partial charge on any atom is -0.332 e. The van der Waals surface area contributed by atoms with Crippen LogP contribution < -0.4 is 4.72 Å². The normalized spacial score (nSPS) is 20.2. The summed E-state index contributed by atoms with van der Waals surface area (Å²) in [4.78, 5) is 20.4. The standard InChI is InChI=1S/C24H29N5O3S/c1-16-14-19(17-11-12-17)25-22-15-20(26-29(16)22)21-10-6-7-13-28(21)24(30)23(27-33(2,31)32)18-8-4-3-5-9-18/h3-5,8-9,14-15,17,21,23,27H,6-7,10-13H2,1-2H3/t21-,23?/m0/s1. The minimum absolute atomic E-state index is 0.218. The van der Waals surface area contributed by atoms with Crippen LogP contribution in [-0.2, 0) is 14.8 Å². The van der Waals surface area contributed by atoms with Gasteiger partial charge in [0.05, 0.1) is 18.0 Å². The van der Waals surface area contributed by atoms with Crippen molar-refractivity contribution in [3.8, 4) is 0 Å². The molecule has 1 aliphatic heterocycles. The van der Waals surface area contributed by atoms with Crippen molar-refractivity contribution >= 4 is 21.6 Å². The summed E-state index contributed by atoms with van der Waals surface area (Å²) in [7, 11) is -3.60. The van der Waals surface area contributed by atoms with E-state index in [9.17, 15) is 13.2 Å². The molecule has 0 radical (unpaired) electrons. The van der Waals surface area contributed by atoms with E-state index in [1.165, 1.54) is 12.8 Å². The van der Waals surface area contributed by atoms with Crippen LogP contribution in [0.5, 0.6) is 0 Å².